The molecule has 1 aliphatic rings. The van der Waals surface area contributed by atoms with Gasteiger partial charge in [-0.3, -0.25) is 0 Å². The first kappa shape index (κ1) is 14.5. The number of nitrogens with one attached hydrogen (secondary N) is 1. The van der Waals surface area contributed by atoms with Gasteiger partial charge in [-0.1, -0.05) is 24.3 Å². The molecule has 0 amide bonds. The minimum absolute atomic E-state index is 0.744. The Morgan fingerprint density at radius 2 is 1.95 bits per heavy atom. The van der Waals surface area contributed by atoms with Crippen molar-refractivity contribution in [1.82, 2.24) is 15.1 Å². The second-order valence-corrected chi connectivity index (χ2v) is 5.82. The molecule has 2 rings (SSSR count). The molecule has 1 aliphatic heterocycles. The fourth-order valence-electron chi connectivity index (χ4n) is 2.91. The van der Waals surface area contributed by atoms with Gasteiger partial charge in [0.25, 0.3) is 0 Å². The van der Waals surface area contributed by atoms with Crippen LogP contribution in [-0.2, 0) is 13.1 Å². The van der Waals surface area contributed by atoms with Gasteiger partial charge >= 0.3 is 0 Å². The molecule has 106 valence electrons. The third-order valence-corrected chi connectivity index (χ3v) is 4.05. The van der Waals surface area contributed by atoms with E-state index in [9.17, 15) is 0 Å². The topological polar surface area (TPSA) is 18.5 Å². The Morgan fingerprint density at radius 3 is 2.53 bits per heavy atom. The van der Waals surface area contributed by atoms with Crippen molar-refractivity contribution in [2.75, 3.05) is 34.2 Å². The Labute approximate surface area is 117 Å². The number of nitrogens with zero attached hydrogens (tertiary/aromatic N) is 2. The van der Waals surface area contributed by atoms with Gasteiger partial charge in [0.2, 0.25) is 0 Å². The molecule has 3 nitrogen and oxygen atoms in total. The van der Waals surface area contributed by atoms with E-state index in [0.717, 1.165) is 19.1 Å². The van der Waals surface area contributed by atoms with Gasteiger partial charge in [0, 0.05) is 25.7 Å². The highest BCUT2D eigenvalue weighted by Crippen LogP contribution is 2.16. The second kappa shape index (κ2) is 7.04. The van der Waals surface area contributed by atoms with Crippen LogP contribution in [0.5, 0.6) is 0 Å². The number of rotatable bonds is 6. The molecule has 1 aromatic rings. The van der Waals surface area contributed by atoms with Gasteiger partial charge in [-0.15, -0.1) is 0 Å². The Bertz CT molecular complexity index is 374. The molecule has 1 saturated heterocycles. The molecule has 0 radical (unpaired) electrons. The molecule has 19 heavy (non-hydrogen) atoms. The fraction of sp³-hybridized carbons (Fsp3) is 0.625. The van der Waals surface area contributed by atoms with Crippen molar-refractivity contribution in [2.24, 2.45) is 0 Å². The van der Waals surface area contributed by atoms with Gasteiger partial charge in [0.1, 0.15) is 0 Å². The van der Waals surface area contributed by atoms with E-state index in [1.807, 2.05) is 7.05 Å². The fourth-order valence-corrected chi connectivity index (χ4v) is 2.91. The van der Waals surface area contributed by atoms with E-state index < -0.39 is 0 Å². The van der Waals surface area contributed by atoms with Gasteiger partial charge in [0.05, 0.1) is 0 Å². The van der Waals surface area contributed by atoms with Crippen molar-refractivity contribution >= 4 is 0 Å². The molecule has 1 aromatic carbocycles. The molecule has 1 heterocycles. The normalized spacial score (nSPS) is 20.3. The molecule has 1 N–H and O–H groups in total. The Hall–Kier alpha value is -0.900. The SMILES string of the molecule is CNCc1ccc(CN(C)CC2CCCN2C)cc1. The molecule has 3 heteroatoms. The van der Waals surface area contributed by atoms with Gasteiger partial charge in [-0.2, -0.15) is 0 Å². The molecule has 1 unspecified atom stereocenters. The number of likely N-dealkylation sites (N-methyl/N-ethyl adjacent to an activating group) is 2. The van der Waals surface area contributed by atoms with E-state index in [0.29, 0.717) is 0 Å². The van der Waals surface area contributed by atoms with Crippen LogP contribution in [0.25, 0.3) is 0 Å². The van der Waals surface area contributed by atoms with E-state index in [4.69, 9.17) is 0 Å². The van der Waals surface area contributed by atoms with E-state index >= 15 is 0 Å². The lowest BCUT2D eigenvalue weighted by Gasteiger charge is -2.25. The van der Waals surface area contributed by atoms with Crippen LogP contribution in [0.3, 0.4) is 0 Å². The van der Waals surface area contributed by atoms with Gasteiger partial charge in [-0.25, -0.2) is 0 Å². The number of likely N-dealkylation sites (tertiary alicyclic amines) is 1. The van der Waals surface area contributed by atoms with E-state index in [1.54, 1.807) is 0 Å². The average molecular weight is 261 g/mol. The highest BCUT2D eigenvalue weighted by atomic mass is 15.2. The summed E-state index contributed by atoms with van der Waals surface area (Å²) in [4.78, 5) is 4.94. The summed E-state index contributed by atoms with van der Waals surface area (Å²) in [5.74, 6) is 0. The summed E-state index contributed by atoms with van der Waals surface area (Å²) in [5.41, 5.74) is 2.76. The maximum Gasteiger partial charge on any atom is 0.0231 e. The summed E-state index contributed by atoms with van der Waals surface area (Å²) in [6, 6.07) is 9.69. The minimum atomic E-state index is 0.744. The first-order chi connectivity index (χ1) is 9.19. The summed E-state index contributed by atoms with van der Waals surface area (Å²) in [6.45, 7) is 4.43. The largest absolute Gasteiger partial charge is 0.316 e. The zero-order chi connectivity index (χ0) is 13.7. The van der Waals surface area contributed by atoms with Crippen molar-refractivity contribution in [3.63, 3.8) is 0 Å². The molecule has 0 spiro atoms. The lowest BCUT2D eigenvalue weighted by Crippen LogP contribution is -2.36. The number of hydrogen-bond acceptors (Lipinski definition) is 3. The Morgan fingerprint density at radius 1 is 1.26 bits per heavy atom. The monoisotopic (exact) mass is 261 g/mol. The molecule has 1 atom stereocenters. The van der Waals surface area contributed by atoms with Crippen molar-refractivity contribution in [3.8, 4) is 0 Å². The highest BCUT2D eigenvalue weighted by molar-refractivity contribution is 5.22. The summed E-state index contributed by atoms with van der Waals surface area (Å²) in [6.07, 6.45) is 2.70. The molecular weight excluding hydrogens is 234 g/mol. The van der Waals surface area contributed by atoms with Crippen LogP contribution in [0.1, 0.15) is 24.0 Å². The van der Waals surface area contributed by atoms with Crippen LogP contribution in [0, 0.1) is 0 Å². The number of hydrogen-bond donors (Lipinski definition) is 1. The van der Waals surface area contributed by atoms with Crippen molar-refractivity contribution in [3.05, 3.63) is 35.4 Å². The van der Waals surface area contributed by atoms with E-state index in [1.165, 1.54) is 37.1 Å². The number of benzene rings is 1. The standard InChI is InChI=1S/C16H27N3/c1-17-11-14-6-8-15(9-7-14)12-18(2)13-16-5-4-10-19(16)3/h6-9,16-17H,4-5,10-13H2,1-3H3. The molecule has 1 fully saturated rings. The maximum atomic E-state index is 3.18. The molecule has 0 saturated carbocycles. The first-order valence-corrected chi connectivity index (χ1v) is 7.30. The third kappa shape index (κ3) is 4.30. The predicted octanol–water partition coefficient (Wildman–Crippen LogP) is 1.93. The molecular formula is C16H27N3. The highest BCUT2D eigenvalue weighted by Gasteiger charge is 2.21. The van der Waals surface area contributed by atoms with Crippen molar-refractivity contribution in [1.29, 1.82) is 0 Å². The predicted molar refractivity (Wildman–Crippen MR) is 81.2 cm³/mol. The van der Waals surface area contributed by atoms with E-state index in [-0.39, 0.29) is 0 Å². The van der Waals surface area contributed by atoms with Gasteiger partial charge in [-0.05, 0) is 51.7 Å². The van der Waals surface area contributed by atoms with Gasteiger partial charge in [0.15, 0.2) is 0 Å². The molecule has 0 aromatic heterocycles. The summed E-state index contributed by atoms with van der Waals surface area (Å²) >= 11 is 0. The quantitative estimate of drug-likeness (QED) is 0.844. The van der Waals surface area contributed by atoms with Crippen LogP contribution in [0.15, 0.2) is 24.3 Å². The molecule has 0 aliphatic carbocycles. The Balaban J connectivity index is 1.82. The lowest BCUT2D eigenvalue weighted by molar-refractivity contribution is 0.215. The summed E-state index contributed by atoms with van der Waals surface area (Å²) < 4.78 is 0. The van der Waals surface area contributed by atoms with Crippen LogP contribution in [-0.4, -0.2) is 50.1 Å². The van der Waals surface area contributed by atoms with Crippen molar-refractivity contribution < 1.29 is 0 Å². The van der Waals surface area contributed by atoms with Crippen LogP contribution >= 0.6 is 0 Å². The average Bonchev–Trinajstić information content (AvgIpc) is 2.78. The van der Waals surface area contributed by atoms with Crippen molar-refractivity contribution in [2.45, 2.75) is 32.0 Å². The smallest absolute Gasteiger partial charge is 0.0231 e. The van der Waals surface area contributed by atoms with Crippen LogP contribution in [0.2, 0.25) is 0 Å². The van der Waals surface area contributed by atoms with Crippen LogP contribution in [0.4, 0.5) is 0 Å². The van der Waals surface area contributed by atoms with Gasteiger partial charge < -0.3 is 15.1 Å². The second-order valence-electron chi connectivity index (χ2n) is 5.82. The van der Waals surface area contributed by atoms with Crippen LogP contribution < -0.4 is 5.32 Å². The zero-order valence-corrected chi connectivity index (χ0v) is 12.5. The maximum absolute atomic E-state index is 3.18. The van der Waals surface area contributed by atoms with E-state index in [2.05, 4.69) is 53.5 Å². The first-order valence-electron chi connectivity index (χ1n) is 7.30. The third-order valence-electron chi connectivity index (χ3n) is 4.05. The Kier molecular flexibility index (Phi) is 5.37. The lowest BCUT2D eigenvalue weighted by atomic mass is 10.1. The zero-order valence-electron chi connectivity index (χ0n) is 12.5. The molecule has 0 bridgehead atoms. The summed E-state index contributed by atoms with van der Waals surface area (Å²) in [7, 11) is 6.46. The summed E-state index contributed by atoms with van der Waals surface area (Å²) in [5, 5.41) is 3.18. The minimum Gasteiger partial charge on any atom is -0.316 e.